The lowest BCUT2D eigenvalue weighted by Gasteiger charge is -2.30. The molecule has 2 rings (SSSR count). The van der Waals surface area contributed by atoms with Crippen molar-refractivity contribution >= 4 is 23.3 Å². The molecule has 5 heteroatoms. The first-order valence-corrected chi connectivity index (χ1v) is 9.37. The Bertz CT molecular complexity index is 843. The summed E-state index contributed by atoms with van der Waals surface area (Å²) in [6.45, 7) is 8.09. The maximum atomic E-state index is 12.5. The van der Waals surface area contributed by atoms with Gasteiger partial charge in [0.1, 0.15) is 11.5 Å². The van der Waals surface area contributed by atoms with Gasteiger partial charge in [-0.15, -0.1) is 0 Å². The van der Waals surface area contributed by atoms with Crippen LogP contribution in [0.1, 0.15) is 49.2 Å². The molecule has 1 amide bonds. The average molecular weight is 388 g/mol. The van der Waals surface area contributed by atoms with E-state index < -0.39 is 0 Å². The molecule has 2 aromatic carbocycles. The first-order chi connectivity index (χ1) is 12.6. The number of carbonyl (C=O) groups excluding carboxylic acids is 2. The van der Waals surface area contributed by atoms with Crippen molar-refractivity contribution in [3.8, 4) is 5.75 Å². The standard InChI is InChI=1S/C22H26ClNO3/c1-14(2)22(3,4)24-21(27)16-7-5-6-15(10-16)11-19(25)13-17-12-18(23)8-9-20(17)26/h5-10,12,14,26H,11,13H2,1-4H3,(H,24,27). The molecule has 0 fully saturated rings. The fraction of sp³-hybridized carbons (Fsp3) is 0.364. The Kier molecular flexibility index (Phi) is 6.66. The second-order valence-electron chi connectivity index (χ2n) is 7.70. The van der Waals surface area contributed by atoms with Gasteiger partial charge in [0.25, 0.3) is 5.91 Å². The van der Waals surface area contributed by atoms with Crippen LogP contribution in [0.15, 0.2) is 42.5 Å². The lowest BCUT2D eigenvalue weighted by atomic mass is 9.90. The van der Waals surface area contributed by atoms with Crippen LogP contribution in [-0.4, -0.2) is 22.3 Å². The summed E-state index contributed by atoms with van der Waals surface area (Å²) in [6, 6.07) is 11.7. The molecule has 0 saturated carbocycles. The third kappa shape index (κ3) is 5.83. The number of phenolic OH excluding ortho intramolecular Hbond substituents is 1. The minimum absolute atomic E-state index is 0.0526. The Balaban J connectivity index is 2.08. The summed E-state index contributed by atoms with van der Waals surface area (Å²) in [5, 5.41) is 13.4. The Labute approximate surface area is 165 Å². The van der Waals surface area contributed by atoms with Gasteiger partial charge in [0.15, 0.2) is 0 Å². The highest BCUT2D eigenvalue weighted by Gasteiger charge is 2.25. The van der Waals surface area contributed by atoms with E-state index in [0.717, 1.165) is 5.56 Å². The molecular formula is C22H26ClNO3. The highest BCUT2D eigenvalue weighted by molar-refractivity contribution is 6.30. The predicted octanol–water partition coefficient (Wildman–Crippen LogP) is 4.56. The largest absolute Gasteiger partial charge is 0.508 e. The number of ketones is 1. The number of phenols is 1. The molecule has 0 radical (unpaired) electrons. The van der Waals surface area contributed by atoms with E-state index in [1.165, 1.54) is 6.07 Å². The van der Waals surface area contributed by atoms with Gasteiger partial charge in [0.2, 0.25) is 0 Å². The van der Waals surface area contributed by atoms with Crippen LogP contribution in [0.25, 0.3) is 0 Å². The van der Waals surface area contributed by atoms with Crippen molar-refractivity contribution in [3.05, 3.63) is 64.2 Å². The van der Waals surface area contributed by atoms with Gasteiger partial charge in [-0.25, -0.2) is 0 Å². The number of hydrogen-bond acceptors (Lipinski definition) is 3. The van der Waals surface area contributed by atoms with E-state index in [4.69, 9.17) is 11.6 Å². The van der Waals surface area contributed by atoms with Gasteiger partial charge in [-0.1, -0.05) is 37.6 Å². The number of Topliss-reactive ketones (excluding diaryl/α,β-unsaturated/α-hetero) is 1. The molecule has 0 atom stereocenters. The van der Waals surface area contributed by atoms with Crippen LogP contribution in [0.2, 0.25) is 5.02 Å². The minimum atomic E-state index is -0.326. The van der Waals surface area contributed by atoms with E-state index in [-0.39, 0.29) is 41.7 Å². The molecule has 0 unspecified atom stereocenters. The molecule has 0 heterocycles. The summed E-state index contributed by atoms with van der Waals surface area (Å²) in [7, 11) is 0. The van der Waals surface area contributed by atoms with Crippen molar-refractivity contribution in [1.29, 1.82) is 0 Å². The molecule has 4 nitrogen and oxygen atoms in total. The summed E-state index contributed by atoms with van der Waals surface area (Å²) >= 11 is 5.92. The first-order valence-electron chi connectivity index (χ1n) is 8.99. The second kappa shape index (κ2) is 8.57. The predicted molar refractivity (Wildman–Crippen MR) is 108 cm³/mol. The highest BCUT2D eigenvalue weighted by Crippen LogP contribution is 2.22. The van der Waals surface area contributed by atoms with Crippen molar-refractivity contribution in [2.45, 2.75) is 46.1 Å². The smallest absolute Gasteiger partial charge is 0.251 e. The van der Waals surface area contributed by atoms with Gasteiger partial charge in [-0.2, -0.15) is 0 Å². The number of rotatable bonds is 7. The fourth-order valence-electron chi connectivity index (χ4n) is 2.53. The molecule has 0 saturated heterocycles. The van der Waals surface area contributed by atoms with Crippen molar-refractivity contribution in [2.75, 3.05) is 0 Å². The van der Waals surface area contributed by atoms with E-state index in [0.29, 0.717) is 16.1 Å². The molecule has 0 bridgehead atoms. The fourth-order valence-corrected chi connectivity index (χ4v) is 2.72. The average Bonchev–Trinajstić information content (AvgIpc) is 2.57. The topological polar surface area (TPSA) is 66.4 Å². The molecule has 0 aliphatic heterocycles. The molecule has 0 aliphatic carbocycles. The number of aromatic hydroxyl groups is 1. The van der Waals surface area contributed by atoms with E-state index >= 15 is 0 Å². The number of amides is 1. The number of carbonyl (C=O) groups is 2. The molecule has 0 aromatic heterocycles. The van der Waals surface area contributed by atoms with Crippen LogP contribution in [0.5, 0.6) is 5.75 Å². The summed E-state index contributed by atoms with van der Waals surface area (Å²) in [5.41, 5.74) is 1.46. The molecule has 27 heavy (non-hydrogen) atoms. The minimum Gasteiger partial charge on any atom is -0.508 e. The Hall–Kier alpha value is -2.33. The Morgan fingerprint density at radius 3 is 2.48 bits per heavy atom. The monoisotopic (exact) mass is 387 g/mol. The molecule has 2 aromatic rings. The molecule has 0 spiro atoms. The van der Waals surface area contributed by atoms with Gasteiger partial charge in [-0.3, -0.25) is 9.59 Å². The number of nitrogens with one attached hydrogen (secondary N) is 1. The van der Waals surface area contributed by atoms with Gasteiger partial charge >= 0.3 is 0 Å². The quantitative estimate of drug-likeness (QED) is 0.731. The van der Waals surface area contributed by atoms with Crippen LogP contribution in [0, 0.1) is 5.92 Å². The van der Waals surface area contributed by atoms with Crippen LogP contribution in [-0.2, 0) is 17.6 Å². The maximum absolute atomic E-state index is 12.5. The molecule has 144 valence electrons. The van der Waals surface area contributed by atoms with Crippen LogP contribution in [0.4, 0.5) is 0 Å². The summed E-state index contributed by atoms with van der Waals surface area (Å²) in [6.07, 6.45) is 0.268. The second-order valence-corrected chi connectivity index (χ2v) is 8.13. The third-order valence-corrected chi connectivity index (χ3v) is 5.13. The van der Waals surface area contributed by atoms with Crippen molar-refractivity contribution in [1.82, 2.24) is 5.32 Å². The first kappa shape index (κ1) is 21.0. The van der Waals surface area contributed by atoms with E-state index in [2.05, 4.69) is 19.2 Å². The number of hydrogen-bond donors (Lipinski definition) is 2. The summed E-state index contributed by atoms with van der Waals surface area (Å²) in [4.78, 5) is 24.9. The van der Waals surface area contributed by atoms with E-state index in [9.17, 15) is 14.7 Å². The molecule has 0 aliphatic rings. The molecular weight excluding hydrogens is 362 g/mol. The number of benzene rings is 2. The van der Waals surface area contributed by atoms with Gasteiger partial charge < -0.3 is 10.4 Å². The normalized spacial score (nSPS) is 11.5. The SMILES string of the molecule is CC(C)C(C)(C)NC(=O)c1cccc(CC(=O)Cc2cc(Cl)ccc2O)c1. The zero-order valence-electron chi connectivity index (χ0n) is 16.2. The highest BCUT2D eigenvalue weighted by atomic mass is 35.5. The summed E-state index contributed by atoms with van der Waals surface area (Å²) < 4.78 is 0. The Morgan fingerprint density at radius 2 is 1.81 bits per heavy atom. The number of halogens is 1. The van der Waals surface area contributed by atoms with Gasteiger partial charge in [0, 0.05) is 34.5 Å². The molecule has 2 N–H and O–H groups in total. The zero-order chi connectivity index (χ0) is 20.2. The summed E-state index contributed by atoms with van der Waals surface area (Å²) in [5.74, 6) is 0.122. The van der Waals surface area contributed by atoms with Crippen molar-refractivity contribution in [2.24, 2.45) is 5.92 Å². The van der Waals surface area contributed by atoms with Gasteiger partial charge in [-0.05, 0) is 55.7 Å². The maximum Gasteiger partial charge on any atom is 0.251 e. The third-order valence-electron chi connectivity index (χ3n) is 4.90. The van der Waals surface area contributed by atoms with Crippen molar-refractivity contribution in [3.63, 3.8) is 0 Å². The van der Waals surface area contributed by atoms with Crippen molar-refractivity contribution < 1.29 is 14.7 Å². The zero-order valence-corrected chi connectivity index (χ0v) is 16.9. The lowest BCUT2D eigenvalue weighted by molar-refractivity contribution is -0.117. The Morgan fingerprint density at radius 1 is 1.11 bits per heavy atom. The van der Waals surface area contributed by atoms with E-state index in [1.807, 2.05) is 19.9 Å². The van der Waals surface area contributed by atoms with Gasteiger partial charge in [0.05, 0.1) is 0 Å². The van der Waals surface area contributed by atoms with E-state index in [1.54, 1.807) is 30.3 Å². The van der Waals surface area contributed by atoms with Crippen LogP contribution in [0.3, 0.4) is 0 Å². The lowest BCUT2D eigenvalue weighted by Crippen LogP contribution is -2.47. The van der Waals surface area contributed by atoms with Crippen LogP contribution < -0.4 is 5.32 Å². The van der Waals surface area contributed by atoms with Crippen LogP contribution >= 0.6 is 11.6 Å².